The monoisotopic (exact) mass is 287 g/mol. The number of anilines is 1. The number of oxime groups is 1. The van der Waals surface area contributed by atoms with Crippen molar-refractivity contribution in [2.45, 2.75) is 13.5 Å². The molecule has 0 fully saturated rings. The Kier molecular flexibility index (Phi) is 4.42. The lowest BCUT2D eigenvalue weighted by Crippen LogP contribution is -2.19. The highest BCUT2D eigenvalue weighted by atomic mass is 19.1. The predicted octanol–water partition coefficient (Wildman–Crippen LogP) is 2.87. The topological polar surface area (TPSA) is 61.8 Å². The summed E-state index contributed by atoms with van der Waals surface area (Å²) in [4.78, 5) is 2.02. The Morgan fingerprint density at radius 1 is 1.29 bits per heavy atom. The number of amidine groups is 1. The van der Waals surface area contributed by atoms with E-state index in [0.717, 1.165) is 16.8 Å². The number of nitrogens with zero attached hydrogens (tertiary/aromatic N) is 2. The van der Waals surface area contributed by atoms with Crippen molar-refractivity contribution in [2.24, 2.45) is 10.9 Å². The van der Waals surface area contributed by atoms with Crippen LogP contribution in [0.4, 0.5) is 10.1 Å². The average Bonchev–Trinajstić information content (AvgIpc) is 2.49. The van der Waals surface area contributed by atoms with Gasteiger partial charge in [0.15, 0.2) is 5.84 Å². The van der Waals surface area contributed by atoms with E-state index in [0.29, 0.717) is 12.1 Å². The zero-order valence-corrected chi connectivity index (χ0v) is 12.0. The van der Waals surface area contributed by atoms with Crippen LogP contribution >= 0.6 is 0 Å². The molecule has 21 heavy (non-hydrogen) atoms. The summed E-state index contributed by atoms with van der Waals surface area (Å²) < 4.78 is 13.1. The lowest BCUT2D eigenvalue weighted by molar-refractivity contribution is 0.318. The summed E-state index contributed by atoms with van der Waals surface area (Å²) in [6.45, 7) is 2.53. The molecule has 0 aliphatic rings. The van der Waals surface area contributed by atoms with E-state index in [2.05, 4.69) is 5.16 Å². The Balaban J connectivity index is 2.22. The normalized spacial score (nSPS) is 11.5. The molecule has 0 amide bonds. The van der Waals surface area contributed by atoms with Crippen molar-refractivity contribution in [1.29, 1.82) is 0 Å². The minimum absolute atomic E-state index is 0.0724. The highest BCUT2D eigenvalue weighted by molar-refractivity contribution is 5.97. The minimum Gasteiger partial charge on any atom is -0.409 e. The minimum atomic E-state index is -0.229. The lowest BCUT2D eigenvalue weighted by atomic mass is 10.1. The number of nitrogens with two attached hydrogens (primary N) is 1. The zero-order valence-electron chi connectivity index (χ0n) is 12.0. The number of rotatable bonds is 4. The first kappa shape index (κ1) is 14.8. The maximum absolute atomic E-state index is 13.1. The second-order valence-electron chi connectivity index (χ2n) is 4.96. The van der Waals surface area contributed by atoms with Crippen LogP contribution in [0, 0.1) is 12.7 Å². The molecule has 0 aromatic heterocycles. The summed E-state index contributed by atoms with van der Waals surface area (Å²) >= 11 is 0. The molecular formula is C16H18FN3O. The van der Waals surface area contributed by atoms with Crippen LogP contribution in [0.3, 0.4) is 0 Å². The van der Waals surface area contributed by atoms with Crippen molar-refractivity contribution in [2.75, 3.05) is 11.9 Å². The Morgan fingerprint density at radius 2 is 2.05 bits per heavy atom. The molecule has 2 aromatic carbocycles. The first-order valence-corrected chi connectivity index (χ1v) is 6.55. The van der Waals surface area contributed by atoms with Gasteiger partial charge in [0.25, 0.3) is 0 Å². The summed E-state index contributed by atoms with van der Waals surface area (Å²) in [5, 5.41) is 11.7. The van der Waals surface area contributed by atoms with E-state index in [-0.39, 0.29) is 11.7 Å². The van der Waals surface area contributed by atoms with Gasteiger partial charge >= 0.3 is 0 Å². The van der Waals surface area contributed by atoms with E-state index in [1.807, 2.05) is 37.1 Å². The first-order valence-electron chi connectivity index (χ1n) is 6.55. The van der Waals surface area contributed by atoms with Gasteiger partial charge in [-0.15, -0.1) is 0 Å². The molecular weight excluding hydrogens is 269 g/mol. The molecule has 0 heterocycles. The molecule has 0 radical (unpaired) electrons. The zero-order chi connectivity index (χ0) is 15.4. The van der Waals surface area contributed by atoms with E-state index in [1.54, 1.807) is 12.1 Å². The third-order valence-electron chi connectivity index (χ3n) is 3.40. The van der Waals surface area contributed by atoms with Crippen LogP contribution in [-0.4, -0.2) is 18.1 Å². The van der Waals surface area contributed by atoms with Gasteiger partial charge in [-0.3, -0.25) is 0 Å². The third kappa shape index (κ3) is 3.51. The van der Waals surface area contributed by atoms with Gasteiger partial charge in [0.05, 0.1) is 0 Å². The number of benzene rings is 2. The highest BCUT2D eigenvalue weighted by Gasteiger charge is 2.07. The lowest BCUT2D eigenvalue weighted by Gasteiger charge is -2.21. The standard InChI is InChI=1S/C16H18FN3O/c1-11-8-14(17)7-6-13(11)10-20(2)15-5-3-4-12(9-15)16(18)19-21/h3-9,21H,10H2,1-2H3,(H2,18,19). The Hall–Kier alpha value is -2.56. The Labute approximate surface area is 123 Å². The fraction of sp³-hybridized carbons (Fsp3) is 0.188. The molecule has 0 spiro atoms. The number of halogens is 1. The fourth-order valence-electron chi connectivity index (χ4n) is 2.14. The molecule has 0 aliphatic carbocycles. The molecule has 110 valence electrons. The molecule has 2 rings (SSSR count). The number of aryl methyl sites for hydroxylation is 1. The molecule has 0 aliphatic heterocycles. The van der Waals surface area contributed by atoms with Crippen molar-refractivity contribution in [3.8, 4) is 0 Å². The van der Waals surface area contributed by atoms with Crippen LogP contribution in [0.15, 0.2) is 47.6 Å². The predicted molar refractivity (Wildman–Crippen MR) is 82.2 cm³/mol. The van der Waals surface area contributed by atoms with Crippen molar-refractivity contribution in [3.63, 3.8) is 0 Å². The van der Waals surface area contributed by atoms with Gasteiger partial charge in [0.2, 0.25) is 0 Å². The van der Waals surface area contributed by atoms with Crippen LogP contribution in [0.25, 0.3) is 0 Å². The van der Waals surface area contributed by atoms with Crippen LogP contribution in [0.5, 0.6) is 0 Å². The van der Waals surface area contributed by atoms with Crippen molar-refractivity contribution >= 4 is 11.5 Å². The summed E-state index contributed by atoms with van der Waals surface area (Å²) in [6, 6.07) is 12.2. The summed E-state index contributed by atoms with van der Waals surface area (Å²) in [5.41, 5.74) is 9.14. The molecule has 0 saturated heterocycles. The van der Waals surface area contributed by atoms with Gasteiger partial charge in [0.1, 0.15) is 5.82 Å². The average molecular weight is 287 g/mol. The van der Waals surface area contributed by atoms with Crippen LogP contribution in [0.1, 0.15) is 16.7 Å². The van der Waals surface area contributed by atoms with Gasteiger partial charge < -0.3 is 15.8 Å². The van der Waals surface area contributed by atoms with Gasteiger partial charge in [0, 0.05) is 24.8 Å². The maximum Gasteiger partial charge on any atom is 0.170 e. The fourth-order valence-corrected chi connectivity index (χ4v) is 2.14. The highest BCUT2D eigenvalue weighted by Crippen LogP contribution is 2.19. The van der Waals surface area contributed by atoms with Crippen LogP contribution in [0.2, 0.25) is 0 Å². The molecule has 2 aromatic rings. The number of hydrogen-bond acceptors (Lipinski definition) is 3. The second-order valence-corrected chi connectivity index (χ2v) is 4.96. The van der Waals surface area contributed by atoms with Gasteiger partial charge in [-0.05, 0) is 42.3 Å². The van der Waals surface area contributed by atoms with Gasteiger partial charge in [-0.25, -0.2) is 4.39 Å². The Morgan fingerprint density at radius 3 is 2.71 bits per heavy atom. The van der Waals surface area contributed by atoms with Gasteiger partial charge in [-0.2, -0.15) is 0 Å². The smallest absolute Gasteiger partial charge is 0.170 e. The van der Waals surface area contributed by atoms with E-state index in [4.69, 9.17) is 10.9 Å². The quantitative estimate of drug-likeness (QED) is 0.393. The first-order chi connectivity index (χ1) is 10.0. The van der Waals surface area contributed by atoms with Crippen molar-refractivity contribution in [3.05, 3.63) is 65.0 Å². The second kappa shape index (κ2) is 6.26. The van der Waals surface area contributed by atoms with Gasteiger partial charge in [-0.1, -0.05) is 23.4 Å². The molecule has 5 heteroatoms. The molecule has 3 N–H and O–H groups in total. The molecule has 0 bridgehead atoms. The van der Waals surface area contributed by atoms with Crippen molar-refractivity contribution < 1.29 is 9.60 Å². The third-order valence-corrected chi connectivity index (χ3v) is 3.40. The van der Waals surface area contributed by atoms with E-state index in [1.165, 1.54) is 12.1 Å². The van der Waals surface area contributed by atoms with E-state index < -0.39 is 0 Å². The molecule has 0 unspecified atom stereocenters. The van der Waals surface area contributed by atoms with E-state index in [9.17, 15) is 4.39 Å². The van der Waals surface area contributed by atoms with E-state index >= 15 is 0 Å². The van der Waals surface area contributed by atoms with Crippen molar-refractivity contribution in [1.82, 2.24) is 0 Å². The Bertz CT molecular complexity index is 670. The van der Waals surface area contributed by atoms with Crippen LogP contribution < -0.4 is 10.6 Å². The summed E-state index contributed by atoms with van der Waals surface area (Å²) in [6.07, 6.45) is 0. The summed E-state index contributed by atoms with van der Waals surface area (Å²) in [7, 11) is 1.94. The van der Waals surface area contributed by atoms with Crippen LogP contribution in [-0.2, 0) is 6.54 Å². The maximum atomic E-state index is 13.1. The SMILES string of the molecule is Cc1cc(F)ccc1CN(C)c1cccc(/C(N)=N/O)c1. The largest absolute Gasteiger partial charge is 0.409 e. The molecule has 0 saturated carbocycles. The molecule has 4 nitrogen and oxygen atoms in total. The number of hydrogen-bond donors (Lipinski definition) is 2. The summed E-state index contributed by atoms with van der Waals surface area (Å²) in [5.74, 6) is -0.156. The molecule has 0 atom stereocenters.